The van der Waals surface area contributed by atoms with Crippen LogP contribution in [0.3, 0.4) is 0 Å². The quantitative estimate of drug-likeness (QED) is 0.478. The van der Waals surface area contributed by atoms with Gasteiger partial charge in [0.25, 0.3) is 0 Å². The molecule has 0 saturated carbocycles. The molecule has 0 radical (unpaired) electrons. The van der Waals surface area contributed by atoms with Crippen LogP contribution in [0.5, 0.6) is 0 Å². The molecule has 0 unspecified atom stereocenters. The first-order valence-electron chi connectivity index (χ1n) is 5.25. The van der Waals surface area contributed by atoms with Gasteiger partial charge in [-0.1, -0.05) is 18.2 Å². The molecule has 0 heterocycles. The van der Waals surface area contributed by atoms with Crippen LogP contribution in [0.4, 0.5) is 0 Å². The monoisotopic (exact) mass is 249 g/mol. The van der Waals surface area contributed by atoms with Crippen molar-refractivity contribution in [3.8, 4) is 0 Å². The van der Waals surface area contributed by atoms with E-state index in [4.69, 9.17) is 0 Å². The lowest BCUT2D eigenvalue weighted by Gasteiger charge is -2.03. The molecule has 0 spiro atoms. The maximum atomic E-state index is 11.3. The van der Waals surface area contributed by atoms with Crippen LogP contribution >= 0.6 is 11.8 Å². The first-order chi connectivity index (χ1) is 8.13. The molecule has 0 saturated heterocycles. The van der Waals surface area contributed by atoms with Crippen molar-refractivity contribution in [1.82, 2.24) is 5.32 Å². The zero-order chi connectivity index (χ0) is 12.7. The fourth-order valence-electron chi connectivity index (χ4n) is 1.17. The molecule has 1 aromatic carbocycles. The largest absolute Gasteiger partial charge is 0.352 e. The average molecular weight is 249 g/mol. The highest BCUT2D eigenvalue weighted by Crippen LogP contribution is 2.18. The molecule has 1 N–H and O–H groups in total. The molecule has 1 rings (SSSR count). The lowest BCUT2D eigenvalue weighted by atomic mass is 10.2. The predicted molar refractivity (Wildman–Crippen MR) is 70.4 cm³/mol. The van der Waals surface area contributed by atoms with Gasteiger partial charge in [0.1, 0.15) is 0 Å². The Kier molecular flexibility index (Phi) is 5.49. The summed E-state index contributed by atoms with van der Waals surface area (Å²) < 4.78 is 0. The minimum atomic E-state index is -0.0226. The van der Waals surface area contributed by atoms with Crippen molar-refractivity contribution in [2.45, 2.75) is 11.8 Å². The first-order valence-corrected chi connectivity index (χ1v) is 6.23. The molecule has 0 aliphatic heterocycles. The second kappa shape index (κ2) is 6.91. The van der Waals surface area contributed by atoms with Gasteiger partial charge in [0.15, 0.2) is 5.78 Å². The van der Waals surface area contributed by atoms with E-state index in [9.17, 15) is 9.59 Å². The summed E-state index contributed by atoms with van der Waals surface area (Å²) in [5.41, 5.74) is 0.686. The summed E-state index contributed by atoms with van der Waals surface area (Å²) in [4.78, 5) is 23.4. The third kappa shape index (κ3) is 4.87. The Morgan fingerprint density at radius 1 is 1.35 bits per heavy atom. The molecule has 1 aromatic rings. The third-order valence-corrected chi connectivity index (χ3v) is 3.09. The summed E-state index contributed by atoms with van der Waals surface area (Å²) in [5, 5.41) is 2.70. The second-order valence-electron chi connectivity index (χ2n) is 3.46. The highest BCUT2D eigenvalue weighted by Gasteiger charge is 2.02. The van der Waals surface area contributed by atoms with E-state index < -0.39 is 0 Å². The molecule has 0 aromatic heterocycles. The van der Waals surface area contributed by atoms with E-state index in [1.165, 1.54) is 18.7 Å². The van der Waals surface area contributed by atoms with Crippen LogP contribution in [0.25, 0.3) is 0 Å². The van der Waals surface area contributed by atoms with Crippen molar-refractivity contribution in [3.05, 3.63) is 42.5 Å². The van der Waals surface area contributed by atoms with Gasteiger partial charge in [-0.25, -0.2) is 0 Å². The third-order valence-electron chi connectivity index (χ3n) is 2.07. The van der Waals surface area contributed by atoms with Gasteiger partial charge in [-0.05, 0) is 19.1 Å². The van der Waals surface area contributed by atoms with Gasteiger partial charge in [0.05, 0.1) is 5.75 Å². The number of hydrogen-bond donors (Lipinski definition) is 1. The molecule has 0 aliphatic carbocycles. The van der Waals surface area contributed by atoms with Crippen LogP contribution in [0.1, 0.15) is 17.3 Å². The average Bonchev–Trinajstić information content (AvgIpc) is 2.34. The van der Waals surface area contributed by atoms with E-state index >= 15 is 0 Å². The molecule has 0 fully saturated rings. The zero-order valence-corrected chi connectivity index (χ0v) is 10.5. The number of thioether (sulfide) groups is 1. The Labute approximate surface area is 105 Å². The Hall–Kier alpha value is -1.55. The molecule has 4 heteroatoms. The minimum absolute atomic E-state index is 0.0226. The number of Topliss-reactive ketones (excluding diaryl/α,β-unsaturated/α-hetero) is 1. The molecule has 90 valence electrons. The summed E-state index contributed by atoms with van der Waals surface area (Å²) in [6.07, 6.45) is 1.64. The van der Waals surface area contributed by atoms with Gasteiger partial charge in [0.2, 0.25) is 5.91 Å². The molecule has 0 bridgehead atoms. The smallest absolute Gasteiger partial charge is 0.230 e. The van der Waals surface area contributed by atoms with Crippen molar-refractivity contribution in [2.75, 3.05) is 12.3 Å². The van der Waals surface area contributed by atoms with Gasteiger partial charge in [-0.3, -0.25) is 9.59 Å². The van der Waals surface area contributed by atoms with Crippen molar-refractivity contribution >= 4 is 23.5 Å². The molecule has 17 heavy (non-hydrogen) atoms. The number of ketones is 1. The van der Waals surface area contributed by atoms with E-state index in [0.717, 1.165) is 4.90 Å². The van der Waals surface area contributed by atoms with Crippen molar-refractivity contribution < 1.29 is 9.59 Å². The van der Waals surface area contributed by atoms with E-state index in [1.54, 1.807) is 18.2 Å². The predicted octanol–water partition coefficient (Wildman–Crippen LogP) is 2.28. The van der Waals surface area contributed by atoms with Gasteiger partial charge < -0.3 is 5.32 Å². The number of carbonyl (C=O) groups is 2. The van der Waals surface area contributed by atoms with E-state index in [0.29, 0.717) is 17.9 Å². The van der Waals surface area contributed by atoms with Crippen LogP contribution < -0.4 is 5.32 Å². The van der Waals surface area contributed by atoms with Crippen molar-refractivity contribution in [3.63, 3.8) is 0 Å². The number of carbonyl (C=O) groups excluding carboxylic acids is 2. The molecule has 0 atom stereocenters. The summed E-state index contributed by atoms with van der Waals surface area (Å²) in [5.74, 6) is 0.392. The van der Waals surface area contributed by atoms with Crippen molar-refractivity contribution in [1.29, 1.82) is 0 Å². The number of benzene rings is 1. The summed E-state index contributed by atoms with van der Waals surface area (Å²) in [6, 6.07) is 7.24. The lowest BCUT2D eigenvalue weighted by molar-refractivity contribution is -0.118. The fraction of sp³-hybridized carbons (Fsp3) is 0.231. The van der Waals surface area contributed by atoms with Gasteiger partial charge >= 0.3 is 0 Å². The highest BCUT2D eigenvalue weighted by molar-refractivity contribution is 8.00. The number of rotatable bonds is 6. The maximum absolute atomic E-state index is 11.3. The van der Waals surface area contributed by atoms with Crippen LogP contribution in [0.2, 0.25) is 0 Å². The van der Waals surface area contributed by atoms with Crippen LogP contribution in [-0.4, -0.2) is 24.0 Å². The van der Waals surface area contributed by atoms with E-state index in [1.807, 2.05) is 12.1 Å². The normalized spacial score (nSPS) is 9.71. The Balaban J connectivity index is 2.44. The Morgan fingerprint density at radius 2 is 2.00 bits per heavy atom. The van der Waals surface area contributed by atoms with Crippen molar-refractivity contribution in [2.24, 2.45) is 0 Å². The SMILES string of the molecule is C=CCNC(=O)CSc1ccc(C(C)=O)cc1. The Morgan fingerprint density at radius 3 is 2.53 bits per heavy atom. The van der Waals surface area contributed by atoms with E-state index in [-0.39, 0.29) is 11.7 Å². The zero-order valence-electron chi connectivity index (χ0n) is 9.73. The fourth-order valence-corrected chi connectivity index (χ4v) is 1.90. The van der Waals surface area contributed by atoms with Crippen LogP contribution in [-0.2, 0) is 4.79 Å². The lowest BCUT2D eigenvalue weighted by Crippen LogP contribution is -2.24. The molecule has 0 aliphatic rings. The van der Waals surface area contributed by atoms with Crippen LogP contribution in [0.15, 0.2) is 41.8 Å². The standard InChI is InChI=1S/C13H15NO2S/c1-3-8-14-13(16)9-17-12-6-4-11(5-7-12)10(2)15/h3-7H,1,8-9H2,2H3,(H,14,16). The molecular formula is C13H15NO2S. The van der Waals surface area contributed by atoms with Crippen LogP contribution in [0, 0.1) is 0 Å². The summed E-state index contributed by atoms with van der Waals surface area (Å²) >= 11 is 1.44. The number of amides is 1. The molecule has 1 amide bonds. The number of hydrogen-bond acceptors (Lipinski definition) is 3. The molecule has 3 nitrogen and oxygen atoms in total. The van der Waals surface area contributed by atoms with Gasteiger partial charge in [-0.15, -0.1) is 18.3 Å². The first kappa shape index (κ1) is 13.5. The Bertz CT molecular complexity index is 412. The van der Waals surface area contributed by atoms with E-state index in [2.05, 4.69) is 11.9 Å². The molecular weight excluding hydrogens is 234 g/mol. The number of nitrogens with one attached hydrogen (secondary N) is 1. The highest BCUT2D eigenvalue weighted by atomic mass is 32.2. The minimum Gasteiger partial charge on any atom is -0.352 e. The topological polar surface area (TPSA) is 46.2 Å². The summed E-state index contributed by atoms with van der Waals surface area (Å²) in [6.45, 7) is 5.55. The summed E-state index contributed by atoms with van der Waals surface area (Å²) in [7, 11) is 0. The van der Waals surface area contributed by atoms with Gasteiger partial charge in [-0.2, -0.15) is 0 Å². The van der Waals surface area contributed by atoms with Gasteiger partial charge in [0, 0.05) is 17.0 Å². The second-order valence-corrected chi connectivity index (χ2v) is 4.51. The maximum Gasteiger partial charge on any atom is 0.230 e.